The van der Waals surface area contributed by atoms with Crippen molar-refractivity contribution in [1.82, 2.24) is 15.2 Å². The molecule has 0 saturated carbocycles. The zero-order chi connectivity index (χ0) is 23.4. The highest BCUT2D eigenvalue weighted by atomic mass is 19.1. The van der Waals surface area contributed by atoms with Gasteiger partial charge in [0.15, 0.2) is 0 Å². The molecule has 1 fully saturated rings. The minimum Gasteiger partial charge on any atom is -0.350 e. The Morgan fingerprint density at radius 1 is 1.15 bits per heavy atom. The third-order valence-electron chi connectivity index (χ3n) is 6.07. The smallest absolute Gasteiger partial charge is 0.272 e. The normalized spacial score (nSPS) is 18.0. The van der Waals surface area contributed by atoms with E-state index < -0.39 is 29.5 Å². The molecule has 0 aliphatic carbocycles. The number of carbonyl (C=O) groups excluding carboxylic acids is 4. The van der Waals surface area contributed by atoms with Crippen molar-refractivity contribution >= 4 is 40.2 Å². The van der Waals surface area contributed by atoms with Crippen molar-refractivity contribution in [2.24, 2.45) is 0 Å². The third kappa shape index (κ3) is 3.43. The Morgan fingerprint density at radius 2 is 1.94 bits per heavy atom. The van der Waals surface area contributed by atoms with Crippen molar-refractivity contribution in [3.63, 3.8) is 0 Å². The van der Waals surface area contributed by atoms with Gasteiger partial charge in [-0.2, -0.15) is 0 Å². The molecular weight excluding hydrogens is 434 g/mol. The predicted molar refractivity (Wildman–Crippen MR) is 113 cm³/mol. The van der Waals surface area contributed by atoms with E-state index in [4.69, 9.17) is 0 Å². The maximum atomic E-state index is 14.2. The predicted octanol–water partition coefficient (Wildman–Crippen LogP) is 2.77. The van der Waals surface area contributed by atoms with Crippen LogP contribution in [0.4, 0.5) is 14.5 Å². The topological polar surface area (TPSA) is 111 Å². The van der Waals surface area contributed by atoms with Gasteiger partial charge in [-0.3, -0.25) is 24.5 Å². The Bertz CT molecular complexity index is 1380. The number of halogens is 2. The molecule has 10 heteroatoms. The number of imide groups is 1. The first-order valence-electron chi connectivity index (χ1n) is 10.3. The summed E-state index contributed by atoms with van der Waals surface area (Å²) in [6.45, 7) is 1.73. The molecule has 3 heterocycles. The van der Waals surface area contributed by atoms with Crippen molar-refractivity contribution in [2.45, 2.75) is 32.4 Å². The van der Waals surface area contributed by atoms with Crippen LogP contribution in [0.15, 0.2) is 30.3 Å². The second-order valence-corrected chi connectivity index (χ2v) is 8.16. The largest absolute Gasteiger partial charge is 0.350 e. The second kappa shape index (κ2) is 7.51. The summed E-state index contributed by atoms with van der Waals surface area (Å²) < 4.78 is 27.7. The number of aromatic nitrogens is 1. The minimum absolute atomic E-state index is 0.0937. The average Bonchev–Trinajstić information content (AvgIpc) is 3.25. The molecule has 3 N–H and O–H groups in total. The lowest BCUT2D eigenvalue weighted by molar-refractivity contribution is -0.136. The molecule has 2 aliphatic heterocycles. The Kier molecular flexibility index (Phi) is 4.73. The van der Waals surface area contributed by atoms with E-state index in [-0.39, 0.29) is 47.8 Å². The van der Waals surface area contributed by atoms with Gasteiger partial charge < -0.3 is 15.2 Å². The van der Waals surface area contributed by atoms with E-state index in [9.17, 15) is 28.0 Å². The second-order valence-electron chi connectivity index (χ2n) is 8.16. The number of hydrogen-bond donors (Lipinski definition) is 3. The van der Waals surface area contributed by atoms with E-state index in [1.165, 1.54) is 4.90 Å². The van der Waals surface area contributed by atoms with Crippen molar-refractivity contribution in [3.8, 4) is 0 Å². The lowest BCUT2D eigenvalue weighted by Crippen LogP contribution is -2.52. The van der Waals surface area contributed by atoms with Crippen LogP contribution in [-0.2, 0) is 16.1 Å². The quantitative estimate of drug-likeness (QED) is 0.531. The van der Waals surface area contributed by atoms with Crippen LogP contribution in [0.25, 0.3) is 10.9 Å². The van der Waals surface area contributed by atoms with Gasteiger partial charge >= 0.3 is 0 Å². The summed E-state index contributed by atoms with van der Waals surface area (Å²) in [5, 5.41) is 5.10. The van der Waals surface area contributed by atoms with E-state index >= 15 is 0 Å². The number of nitrogens with zero attached hydrogens (tertiary/aromatic N) is 1. The van der Waals surface area contributed by atoms with Crippen molar-refractivity contribution < 1.29 is 28.0 Å². The number of anilines is 1. The first-order chi connectivity index (χ1) is 15.7. The Hall–Kier alpha value is -4.08. The number of piperidine rings is 1. The van der Waals surface area contributed by atoms with Gasteiger partial charge in [0.05, 0.1) is 5.52 Å². The SMILES string of the molecule is Cc1c(C(=O)Nc2ccc3c(c2)CN(C2CCC(=O)NC2=O)C3=O)[nH]c2cc(F)cc(F)c12. The Labute approximate surface area is 185 Å². The van der Waals surface area contributed by atoms with Gasteiger partial charge in [-0.25, -0.2) is 8.78 Å². The monoisotopic (exact) mass is 452 g/mol. The zero-order valence-corrected chi connectivity index (χ0v) is 17.4. The molecule has 4 amide bonds. The van der Waals surface area contributed by atoms with Crippen LogP contribution >= 0.6 is 0 Å². The summed E-state index contributed by atoms with van der Waals surface area (Å²) in [6.07, 6.45) is 0.414. The van der Waals surface area contributed by atoms with Gasteiger partial charge in [-0.15, -0.1) is 0 Å². The molecule has 2 aromatic carbocycles. The fourth-order valence-corrected chi connectivity index (χ4v) is 4.48. The molecule has 1 unspecified atom stereocenters. The maximum Gasteiger partial charge on any atom is 0.272 e. The number of aryl methyl sites for hydroxylation is 1. The lowest BCUT2D eigenvalue weighted by Gasteiger charge is -2.29. The molecule has 1 saturated heterocycles. The molecule has 0 spiro atoms. The average molecular weight is 452 g/mol. The van der Waals surface area contributed by atoms with Crippen molar-refractivity contribution in [1.29, 1.82) is 0 Å². The summed E-state index contributed by atoms with van der Waals surface area (Å²) in [6, 6.07) is 5.90. The van der Waals surface area contributed by atoms with Gasteiger partial charge in [0.1, 0.15) is 23.4 Å². The Morgan fingerprint density at radius 3 is 2.70 bits per heavy atom. The highest BCUT2D eigenvalue weighted by molar-refractivity contribution is 6.09. The van der Waals surface area contributed by atoms with E-state index in [0.717, 1.165) is 12.1 Å². The highest BCUT2D eigenvalue weighted by Crippen LogP contribution is 2.30. The van der Waals surface area contributed by atoms with Crippen LogP contribution in [-0.4, -0.2) is 39.6 Å². The molecular formula is C23H18F2N4O4. The fourth-order valence-electron chi connectivity index (χ4n) is 4.48. The van der Waals surface area contributed by atoms with Gasteiger partial charge in [0, 0.05) is 35.7 Å². The number of nitrogens with one attached hydrogen (secondary N) is 3. The number of rotatable bonds is 3. The summed E-state index contributed by atoms with van der Waals surface area (Å²) in [5.41, 5.74) is 2.06. The molecule has 2 aliphatic rings. The summed E-state index contributed by atoms with van der Waals surface area (Å²) in [4.78, 5) is 53.4. The molecule has 0 bridgehead atoms. The van der Waals surface area contributed by atoms with Gasteiger partial charge in [0.25, 0.3) is 11.8 Å². The standard InChI is InChI=1S/C23H18F2N4O4/c1-10-19-15(25)7-12(24)8-16(19)27-20(10)22(32)26-13-2-3-14-11(6-13)9-29(23(14)33)17-4-5-18(30)28-21(17)31/h2-3,6-8,17,27H,4-5,9H2,1H3,(H,26,32)(H,28,30,31). The molecule has 1 aromatic heterocycles. The van der Waals surface area contributed by atoms with Crippen LogP contribution in [0.3, 0.4) is 0 Å². The molecule has 3 aromatic rings. The Balaban J connectivity index is 1.38. The number of H-pyrrole nitrogens is 1. The van der Waals surface area contributed by atoms with Crippen LogP contribution < -0.4 is 10.6 Å². The molecule has 8 nitrogen and oxygen atoms in total. The summed E-state index contributed by atoms with van der Waals surface area (Å²) >= 11 is 0. The van der Waals surface area contributed by atoms with E-state index in [1.807, 2.05) is 0 Å². The molecule has 1 atom stereocenters. The van der Waals surface area contributed by atoms with Crippen molar-refractivity contribution in [2.75, 3.05) is 5.32 Å². The van der Waals surface area contributed by atoms with E-state index in [0.29, 0.717) is 22.4 Å². The number of hydrogen-bond acceptors (Lipinski definition) is 4. The summed E-state index contributed by atoms with van der Waals surface area (Å²) in [7, 11) is 0. The minimum atomic E-state index is -0.762. The van der Waals surface area contributed by atoms with E-state index in [1.54, 1.807) is 25.1 Å². The van der Waals surface area contributed by atoms with Crippen LogP contribution in [0.1, 0.15) is 44.8 Å². The van der Waals surface area contributed by atoms with Gasteiger partial charge in [-0.1, -0.05) is 0 Å². The molecule has 33 heavy (non-hydrogen) atoms. The fraction of sp³-hybridized carbons (Fsp3) is 0.217. The molecule has 168 valence electrons. The number of benzene rings is 2. The highest BCUT2D eigenvalue weighted by Gasteiger charge is 2.39. The summed E-state index contributed by atoms with van der Waals surface area (Å²) in [5.74, 6) is -3.24. The number of fused-ring (bicyclic) bond motifs is 2. The number of amides is 4. The maximum absolute atomic E-state index is 14.2. The lowest BCUT2D eigenvalue weighted by atomic mass is 10.0. The van der Waals surface area contributed by atoms with Crippen LogP contribution in [0.5, 0.6) is 0 Å². The third-order valence-corrected chi connectivity index (χ3v) is 6.07. The van der Waals surface area contributed by atoms with Gasteiger partial charge in [-0.05, 0) is 48.7 Å². The van der Waals surface area contributed by atoms with E-state index in [2.05, 4.69) is 15.6 Å². The van der Waals surface area contributed by atoms with Crippen LogP contribution in [0, 0.1) is 18.6 Å². The first kappa shape index (κ1) is 20.8. The van der Waals surface area contributed by atoms with Crippen LogP contribution in [0.2, 0.25) is 0 Å². The zero-order valence-electron chi connectivity index (χ0n) is 17.4. The van der Waals surface area contributed by atoms with Crippen molar-refractivity contribution in [3.05, 3.63) is 64.4 Å². The first-order valence-corrected chi connectivity index (χ1v) is 10.3. The van der Waals surface area contributed by atoms with Gasteiger partial charge in [0.2, 0.25) is 11.8 Å². The number of carbonyl (C=O) groups is 4. The molecule has 5 rings (SSSR count). The molecule has 0 radical (unpaired) electrons. The number of aromatic amines is 1.